The van der Waals surface area contributed by atoms with Gasteiger partial charge in [0, 0.05) is 12.7 Å². The summed E-state index contributed by atoms with van der Waals surface area (Å²) in [6.07, 6.45) is 3.31. The van der Waals surface area contributed by atoms with Gasteiger partial charge in [0.15, 0.2) is 11.6 Å². The average Bonchev–Trinajstić information content (AvgIpc) is 2.18. The lowest BCUT2D eigenvalue weighted by Crippen LogP contribution is -2.02. The van der Waals surface area contributed by atoms with Gasteiger partial charge < -0.3 is 10.1 Å². The molecule has 0 aliphatic heterocycles. The fourth-order valence-corrected chi connectivity index (χ4v) is 1.07. The van der Waals surface area contributed by atoms with Gasteiger partial charge in [0.05, 0.1) is 7.11 Å². The molecule has 0 aliphatic rings. The maximum Gasteiger partial charge on any atom is 0.168 e. The third-order valence-corrected chi connectivity index (χ3v) is 1.83. The lowest BCUT2D eigenvalue weighted by atomic mass is 10.4. The van der Waals surface area contributed by atoms with Crippen molar-refractivity contribution >= 4 is 29.0 Å². The first-order valence-electron chi connectivity index (χ1n) is 3.98. The van der Waals surface area contributed by atoms with Gasteiger partial charge >= 0.3 is 0 Å². The number of methoxy groups -OCH3 is 1. The molecule has 1 aromatic heterocycles. The monoisotopic (exact) mass is 232 g/mol. The molecule has 0 aliphatic carbocycles. The van der Waals surface area contributed by atoms with Crippen molar-refractivity contribution in [3.63, 3.8) is 0 Å². The van der Waals surface area contributed by atoms with E-state index in [9.17, 15) is 0 Å². The van der Waals surface area contributed by atoms with Gasteiger partial charge in [-0.15, -0.1) is 0 Å². The number of nitrogens with one attached hydrogen (secondary N) is 1. The molecule has 0 atom stereocenters. The van der Waals surface area contributed by atoms with Crippen LogP contribution in [0.25, 0.3) is 0 Å². The molecule has 1 rings (SSSR count). The number of ether oxygens (including phenoxy) is 1. The standard InChI is InChI=1S/C9H10Cl2N2O/c1-14-7-3-2-5-12-9(7)13-6-4-8(10)11/h2-5H,6H2,1H3,(H,12,13). The summed E-state index contributed by atoms with van der Waals surface area (Å²) in [4.78, 5) is 4.09. The first-order valence-corrected chi connectivity index (χ1v) is 4.73. The highest BCUT2D eigenvalue weighted by atomic mass is 35.5. The van der Waals surface area contributed by atoms with Crippen LogP contribution in [0.2, 0.25) is 0 Å². The molecule has 0 amide bonds. The van der Waals surface area contributed by atoms with Crippen LogP contribution in [0, 0.1) is 0 Å². The van der Waals surface area contributed by atoms with Gasteiger partial charge in [-0.05, 0) is 18.2 Å². The maximum atomic E-state index is 5.45. The van der Waals surface area contributed by atoms with Crippen LogP contribution in [-0.2, 0) is 0 Å². The summed E-state index contributed by atoms with van der Waals surface area (Å²) in [7, 11) is 1.59. The first-order chi connectivity index (χ1) is 6.74. The van der Waals surface area contributed by atoms with E-state index in [0.717, 1.165) is 0 Å². The molecule has 0 saturated heterocycles. The van der Waals surface area contributed by atoms with Gasteiger partial charge in [0.25, 0.3) is 0 Å². The molecule has 1 N–H and O–H groups in total. The van der Waals surface area contributed by atoms with Gasteiger partial charge in [0.1, 0.15) is 4.49 Å². The molecule has 1 aromatic rings. The lowest BCUT2D eigenvalue weighted by Gasteiger charge is -2.07. The van der Waals surface area contributed by atoms with Crippen molar-refractivity contribution in [3.8, 4) is 5.75 Å². The van der Waals surface area contributed by atoms with Crippen LogP contribution < -0.4 is 10.1 Å². The van der Waals surface area contributed by atoms with Gasteiger partial charge in [-0.1, -0.05) is 23.2 Å². The predicted molar refractivity (Wildman–Crippen MR) is 59.1 cm³/mol. The number of nitrogens with zero attached hydrogens (tertiary/aromatic N) is 1. The quantitative estimate of drug-likeness (QED) is 0.868. The molecule has 3 nitrogen and oxygen atoms in total. The second-order valence-electron chi connectivity index (χ2n) is 2.43. The fraction of sp³-hybridized carbons (Fsp3) is 0.222. The van der Waals surface area contributed by atoms with Crippen molar-refractivity contribution < 1.29 is 4.74 Å². The second kappa shape index (κ2) is 5.73. The molecule has 0 saturated carbocycles. The smallest absolute Gasteiger partial charge is 0.168 e. The molecule has 0 unspecified atom stereocenters. The molecular formula is C9H10Cl2N2O. The Hall–Kier alpha value is -0.930. The third-order valence-electron chi connectivity index (χ3n) is 1.52. The normalized spacial score (nSPS) is 9.36. The topological polar surface area (TPSA) is 34.1 Å². The fourth-order valence-electron chi connectivity index (χ4n) is 0.913. The highest BCUT2D eigenvalue weighted by Crippen LogP contribution is 2.19. The number of pyridine rings is 1. The Kier molecular flexibility index (Phi) is 4.56. The van der Waals surface area contributed by atoms with Crippen LogP contribution >= 0.6 is 23.2 Å². The highest BCUT2D eigenvalue weighted by molar-refractivity contribution is 6.55. The second-order valence-corrected chi connectivity index (χ2v) is 3.44. The van der Waals surface area contributed by atoms with E-state index >= 15 is 0 Å². The Bertz CT molecular complexity index is 324. The Morgan fingerprint density at radius 1 is 1.64 bits per heavy atom. The molecule has 0 fully saturated rings. The molecule has 76 valence electrons. The van der Waals surface area contributed by atoms with E-state index in [0.29, 0.717) is 18.1 Å². The van der Waals surface area contributed by atoms with Crippen molar-refractivity contribution in [2.24, 2.45) is 0 Å². The molecular weight excluding hydrogens is 223 g/mol. The summed E-state index contributed by atoms with van der Waals surface area (Å²) in [5.41, 5.74) is 0. The van der Waals surface area contributed by atoms with Crippen molar-refractivity contribution in [3.05, 3.63) is 28.9 Å². The van der Waals surface area contributed by atoms with Crippen LogP contribution in [0.1, 0.15) is 0 Å². The van der Waals surface area contributed by atoms with Crippen molar-refractivity contribution in [2.45, 2.75) is 0 Å². The zero-order valence-corrected chi connectivity index (χ0v) is 9.14. The van der Waals surface area contributed by atoms with Gasteiger partial charge in [0.2, 0.25) is 0 Å². The van der Waals surface area contributed by atoms with E-state index in [2.05, 4.69) is 10.3 Å². The zero-order chi connectivity index (χ0) is 10.4. The average molecular weight is 233 g/mol. The summed E-state index contributed by atoms with van der Waals surface area (Å²) in [6, 6.07) is 3.62. The van der Waals surface area contributed by atoms with Gasteiger partial charge in [-0.25, -0.2) is 4.98 Å². The van der Waals surface area contributed by atoms with Crippen molar-refractivity contribution in [2.75, 3.05) is 19.0 Å². The van der Waals surface area contributed by atoms with E-state index in [-0.39, 0.29) is 4.49 Å². The summed E-state index contributed by atoms with van der Waals surface area (Å²) in [6.45, 7) is 0.510. The summed E-state index contributed by atoms with van der Waals surface area (Å²) >= 11 is 10.9. The number of rotatable bonds is 4. The molecule has 14 heavy (non-hydrogen) atoms. The van der Waals surface area contributed by atoms with E-state index in [4.69, 9.17) is 27.9 Å². The molecule has 5 heteroatoms. The van der Waals surface area contributed by atoms with Crippen molar-refractivity contribution in [1.29, 1.82) is 0 Å². The molecule has 0 bridgehead atoms. The Balaban J connectivity index is 2.62. The van der Waals surface area contributed by atoms with Crippen LogP contribution in [-0.4, -0.2) is 18.6 Å². The lowest BCUT2D eigenvalue weighted by molar-refractivity contribution is 0.415. The van der Waals surface area contributed by atoms with Crippen LogP contribution in [0.15, 0.2) is 28.9 Å². The Morgan fingerprint density at radius 3 is 3.07 bits per heavy atom. The van der Waals surface area contributed by atoms with Crippen molar-refractivity contribution in [1.82, 2.24) is 4.98 Å². The predicted octanol–water partition coefficient (Wildman–Crippen LogP) is 2.82. The SMILES string of the molecule is COc1cccnc1NCC=C(Cl)Cl. The third kappa shape index (κ3) is 3.44. The minimum absolute atomic E-state index is 0.229. The minimum atomic E-state index is 0.229. The Labute approximate surface area is 92.7 Å². The summed E-state index contributed by atoms with van der Waals surface area (Å²) < 4.78 is 5.32. The molecule has 1 heterocycles. The van der Waals surface area contributed by atoms with Gasteiger partial charge in [-0.3, -0.25) is 0 Å². The Morgan fingerprint density at radius 2 is 2.43 bits per heavy atom. The van der Waals surface area contributed by atoms with E-state index < -0.39 is 0 Å². The number of halogens is 2. The number of anilines is 1. The number of hydrogen-bond donors (Lipinski definition) is 1. The van der Waals surface area contributed by atoms with Crippen LogP contribution in [0.3, 0.4) is 0 Å². The summed E-state index contributed by atoms with van der Waals surface area (Å²) in [5, 5.41) is 3.01. The molecule has 0 radical (unpaired) electrons. The minimum Gasteiger partial charge on any atom is -0.493 e. The molecule has 0 aromatic carbocycles. The summed E-state index contributed by atoms with van der Waals surface area (Å²) in [5.74, 6) is 1.35. The highest BCUT2D eigenvalue weighted by Gasteiger charge is 2.00. The van der Waals surface area contributed by atoms with Crippen LogP contribution in [0.4, 0.5) is 5.82 Å². The number of hydrogen-bond acceptors (Lipinski definition) is 3. The van der Waals surface area contributed by atoms with Crippen LogP contribution in [0.5, 0.6) is 5.75 Å². The van der Waals surface area contributed by atoms with E-state index in [1.54, 1.807) is 25.4 Å². The maximum absolute atomic E-state index is 5.45. The largest absolute Gasteiger partial charge is 0.493 e. The first kappa shape index (κ1) is 11.1. The van der Waals surface area contributed by atoms with E-state index in [1.807, 2.05) is 6.07 Å². The zero-order valence-electron chi connectivity index (χ0n) is 7.63. The number of aromatic nitrogens is 1. The van der Waals surface area contributed by atoms with Gasteiger partial charge in [-0.2, -0.15) is 0 Å². The molecule has 0 spiro atoms. The van der Waals surface area contributed by atoms with E-state index in [1.165, 1.54) is 0 Å².